The molecule has 0 saturated heterocycles. The third-order valence-corrected chi connectivity index (χ3v) is 5.74. The second-order valence-corrected chi connectivity index (χ2v) is 8.01. The molecule has 1 saturated carbocycles. The van der Waals surface area contributed by atoms with Crippen molar-refractivity contribution in [2.45, 2.75) is 51.9 Å². The minimum absolute atomic E-state index is 0.159. The summed E-state index contributed by atoms with van der Waals surface area (Å²) < 4.78 is 22.7. The molecule has 4 nitrogen and oxygen atoms in total. The van der Waals surface area contributed by atoms with Gasteiger partial charge in [-0.15, -0.1) is 0 Å². The molecule has 0 N–H and O–H groups in total. The van der Waals surface area contributed by atoms with Crippen molar-refractivity contribution in [3.63, 3.8) is 0 Å². The van der Waals surface area contributed by atoms with Gasteiger partial charge in [-0.05, 0) is 54.7 Å². The number of benzene rings is 2. The Bertz CT molecular complexity index is 707. The van der Waals surface area contributed by atoms with Crippen LogP contribution in [0.3, 0.4) is 0 Å². The van der Waals surface area contributed by atoms with Crippen LogP contribution in [0.5, 0.6) is 11.5 Å². The summed E-state index contributed by atoms with van der Waals surface area (Å²) in [5, 5.41) is 0. The van der Waals surface area contributed by atoms with Gasteiger partial charge >= 0.3 is 0 Å². The third-order valence-electron chi connectivity index (χ3n) is 5.74. The molecule has 2 aromatic carbocycles. The van der Waals surface area contributed by atoms with Crippen molar-refractivity contribution in [2.75, 3.05) is 20.8 Å². The summed E-state index contributed by atoms with van der Waals surface area (Å²) in [7, 11) is 3.37. The number of ether oxygens (including phenoxy) is 4. The van der Waals surface area contributed by atoms with Gasteiger partial charge in [0.1, 0.15) is 11.5 Å². The molecule has 0 bridgehead atoms. The topological polar surface area (TPSA) is 36.9 Å². The van der Waals surface area contributed by atoms with E-state index in [9.17, 15) is 0 Å². The molecule has 0 amide bonds. The van der Waals surface area contributed by atoms with E-state index < -0.39 is 0 Å². The van der Waals surface area contributed by atoms with Crippen LogP contribution in [0.15, 0.2) is 48.5 Å². The Balaban J connectivity index is 1.47. The molecule has 0 aliphatic heterocycles. The first kappa shape index (κ1) is 21.7. The normalized spacial score (nSPS) is 15.7. The summed E-state index contributed by atoms with van der Waals surface area (Å²) in [4.78, 5) is 0. The zero-order valence-corrected chi connectivity index (χ0v) is 17.9. The summed E-state index contributed by atoms with van der Waals surface area (Å²) in [5.41, 5.74) is 2.33. The Morgan fingerprint density at radius 3 is 1.90 bits per heavy atom. The lowest BCUT2D eigenvalue weighted by Crippen LogP contribution is -2.25. The standard InChI is InChI=1S/C25H34O4/c1-19(29-17-22-9-14-25(27-3)15-10-22)23(11-6-20-4-5-20)18-28-16-21-7-12-24(26-2)13-8-21/h7-10,12-15,19-20,23H,4-6,11,16-18H2,1-3H3. The number of hydrogen-bond donors (Lipinski definition) is 0. The summed E-state index contributed by atoms with van der Waals surface area (Å²) in [5.74, 6) is 3.08. The highest BCUT2D eigenvalue weighted by Crippen LogP contribution is 2.35. The maximum Gasteiger partial charge on any atom is 0.118 e. The fourth-order valence-electron chi connectivity index (χ4n) is 3.45. The Morgan fingerprint density at radius 2 is 1.38 bits per heavy atom. The lowest BCUT2D eigenvalue weighted by Gasteiger charge is -2.24. The highest BCUT2D eigenvalue weighted by Gasteiger charge is 2.25. The van der Waals surface area contributed by atoms with Gasteiger partial charge in [0, 0.05) is 5.92 Å². The highest BCUT2D eigenvalue weighted by atomic mass is 16.5. The van der Waals surface area contributed by atoms with Crippen LogP contribution in [0.4, 0.5) is 0 Å². The SMILES string of the molecule is COc1ccc(COCC(CCC2CC2)C(C)OCc2ccc(OC)cc2)cc1. The molecule has 0 spiro atoms. The first-order chi connectivity index (χ1) is 14.2. The molecule has 0 radical (unpaired) electrons. The maximum absolute atomic E-state index is 6.21. The quantitative estimate of drug-likeness (QED) is 0.438. The zero-order valence-electron chi connectivity index (χ0n) is 17.9. The van der Waals surface area contributed by atoms with E-state index in [2.05, 4.69) is 31.2 Å². The van der Waals surface area contributed by atoms with Crippen molar-refractivity contribution in [1.29, 1.82) is 0 Å². The van der Waals surface area contributed by atoms with E-state index in [1.54, 1.807) is 14.2 Å². The Labute approximate surface area is 175 Å². The van der Waals surface area contributed by atoms with E-state index in [0.717, 1.165) is 36.0 Å². The molecular formula is C25H34O4. The Morgan fingerprint density at radius 1 is 0.828 bits per heavy atom. The molecule has 29 heavy (non-hydrogen) atoms. The van der Waals surface area contributed by atoms with E-state index in [4.69, 9.17) is 18.9 Å². The fourth-order valence-corrected chi connectivity index (χ4v) is 3.45. The molecule has 3 rings (SSSR count). The first-order valence-corrected chi connectivity index (χ1v) is 10.6. The Hall–Kier alpha value is -2.04. The summed E-state index contributed by atoms with van der Waals surface area (Å²) >= 11 is 0. The van der Waals surface area contributed by atoms with Gasteiger partial charge in [0.2, 0.25) is 0 Å². The summed E-state index contributed by atoms with van der Waals surface area (Å²) in [6.07, 6.45) is 5.39. The van der Waals surface area contributed by atoms with Gasteiger partial charge in [-0.25, -0.2) is 0 Å². The van der Waals surface area contributed by atoms with Gasteiger partial charge in [0.25, 0.3) is 0 Å². The van der Waals surface area contributed by atoms with Crippen molar-refractivity contribution in [3.8, 4) is 11.5 Å². The van der Waals surface area contributed by atoms with Crippen molar-refractivity contribution >= 4 is 0 Å². The minimum atomic E-state index is 0.159. The molecule has 2 atom stereocenters. The predicted molar refractivity (Wildman–Crippen MR) is 115 cm³/mol. The van der Waals surface area contributed by atoms with Crippen molar-refractivity contribution in [2.24, 2.45) is 11.8 Å². The summed E-state index contributed by atoms with van der Waals surface area (Å²) in [6.45, 7) is 4.14. The van der Waals surface area contributed by atoms with Crippen LogP contribution >= 0.6 is 0 Å². The van der Waals surface area contributed by atoms with Crippen LogP contribution in [0.25, 0.3) is 0 Å². The van der Waals surface area contributed by atoms with Gasteiger partial charge in [0.05, 0.1) is 40.1 Å². The smallest absolute Gasteiger partial charge is 0.118 e. The Kier molecular flexibility index (Phi) is 8.38. The van der Waals surface area contributed by atoms with Crippen LogP contribution in [-0.4, -0.2) is 26.9 Å². The molecule has 2 unspecified atom stereocenters. The lowest BCUT2D eigenvalue weighted by atomic mass is 9.97. The molecule has 158 valence electrons. The third kappa shape index (κ3) is 7.37. The molecule has 0 heterocycles. The van der Waals surface area contributed by atoms with Crippen molar-refractivity contribution in [1.82, 2.24) is 0 Å². The summed E-state index contributed by atoms with van der Waals surface area (Å²) in [6, 6.07) is 16.1. The highest BCUT2D eigenvalue weighted by molar-refractivity contribution is 5.27. The largest absolute Gasteiger partial charge is 0.497 e. The zero-order chi connectivity index (χ0) is 20.5. The van der Waals surface area contributed by atoms with Gasteiger partial charge in [-0.1, -0.05) is 43.5 Å². The molecule has 1 aliphatic rings. The average Bonchev–Trinajstić information content (AvgIpc) is 3.59. The van der Waals surface area contributed by atoms with E-state index in [1.165, 1.54) is 24.8 Å². The molecule has 0 aromatic heterocycles. The second-order valence-electron chi connectivity index (χ2n) is 8.01. The van der Waals surface area contributed by atoms with Crippen molar-refractivity contribution < 1.29 is 18.9 Å². The monoisotopic (exact) mass is 398 g/mol. The van der Waals surface area contributed by atoms with Crippen LogP contribution in [0, 0.1) is 11.8 Å². The van der Waals surface area contributed by atoms with Gasteiger partial charge in [-0.3, -0.25) is 0 Å². The minimum Gasteiger partial charge on any atom is -0.497 e. The van der Waals surface area contributed by atoms with E-state index in [1.807, 2.05) is 24.3 Å². The molecule has 4 heteroatoms. The average molecular weight is 399 g/mol. The van der Waals surface area contributed by atoms with Crippen LogP contribution in [0.2, 0.25) is 0 Å². The van der Waals surface area contributed by atoms with Gasteiger partial charge in [-0.2, -0.15) is 0 Å². The van der Waals surface area contributed by atoms with Gasteiger partial charge < -0.3 is 18.9 Å². The van der Waals surface area contributed by atoms with Crippen LogP contribution in [0.1, 0.15) is 43.7 Å². The number of hydrogen-bond acceptors (Lipinski definition) is 4. The van der Waals surface area contributed by atoms with Crippen LogP contribution in [-0.2, 0) is 22.7 Å². The van der Waals surface area contributed by atoms with E-state index in [-0.39, 0.29) is 6.10 Å². The molecule has 1 aliphatic carbocycles. The molecular weight excluding hydrogens is 364 g/mol. The van der Waals surface area contributed by atoms with Crippen molar-refractivity contribution in [3.05, 3.63) is 59.7 Å². The fraction of sp³-hybridized carbons (Fsp3) is 0.520. The molecule has 2 aromatic rings. The van der Waals surface area contributed by atoms with E-state index in [0.29, 0.717) is 19.1 Å². The maximum atomic E-state index is 6.21. The number of rotatable bonds is 13. The predicted octanol–water partition coefficient (Wildman–Crippen LogP) is 5.63. The second kappa shape index (κ2) is 11.2. The van der Waals surface area contributed by atoms with E-state index >= 15 is 0 Å². The number of methoxy groups -OCH3 is 2. The first-order valence-electron chi connectivity index (χ1n) is 10.6. The van der Waals surface area contributed by atoms with Gasteiger partial charge in [0.15, 0.2) is 0 Å². The van der Waals surface area contributed by atoms with Crippen LogP contribution < -0.4 is 9.47 Å². The molecule has 1 fully saturated rings. The lowest BCUT2D eigenvalue weighted by molar-refractivity contribution is -0.0282.